The quantitative estimate of drug-likeness (QED) is 0.0650. The number of hydrogen-bond donors (Lipinski definition) is 0. The summed E-state index contributed by atoms with van der Waals surface area (Å²) >= 11 is 0. The third kappa shape index (κ3) is 31.2. The molecule has 4 nitrogen and oxygen atoms in total. The Morgan fingerprint density at radius 2 is 0.579 bits per heavy atom. The van der Waals surface area contributed by atoms with Crippen molar-refractivity contribution in [2.24, 2.45) is 0 Å². The Morgan fingerprint density at radius 1 is 0.342 bits per heavy atom. The van der Waals surface area contributed by atoms with E-state index in [0.29, 0.717) is 26.1 Å². The molecule has 0 heterocycles. The molecule has 0 unspecified atom stereocenters. The first kappa shape index (κ1) is 36.9. The second-order valence-electron chi connectivity index (χ2n) is 11.4. The Labute approximate surface area is 237 Å². The molecule has 0 aliphatic heterocycles. The van der Waals surface area contributed by atoms with Crippen molar-refractivity contribution in [2.45, 2.75) is 194 Å². The molecule has 0 aromatic heterocycles. The summed E-state index contributed by atoms with van der Waals surface area (Å²) in [6.45, 7) is 5.70. The van der Waals surface area contributed by atoms with Gasteiger partial charge in [-0.15, -0.1) is 0 Å². The lowest BCUT2D eigenvalue weighted by molar-refractivity contribution is -0.144. The van der Waals surface area contributed by atoms with Crippen molar-refractivity contribution in [1.82, 2.24) is 0 Å². The molecule has 0 aliphatic carbocycles. The van der Waals surface area contributed by atoms with E-state index in [9.17, 15) is 9.59 Å². The highest BCUT2D eigenvalue weighted by Gasteiger charge is 2.04. The van der Waals surface area contributed by atoms with E-state index in [2.05, 4.69) is 13.8 Å². The fourth-order valence-electron chi connectivity index (χ4n) is 4.94. The molecule has 0 aromatic rings. The fourth-order valence-corrected chi connectivity index (χ4v) is 4.94. The molecule has 0 radical (unpaired) electrons. The molecule has 0 saturated heterocycles. The van der Waals surface area contributed by atoms with Crippen LogP contribution in [0, 0.1) is 0 Å². The zero-order valence-corrected chi connectivity index (χ0v) is 25.8. The maximum Gasteiger partial charge on any atom is 0.305 e. The molecule has 0 fully saturated rings. The van der Waals surface area contributed by atoms with E-state index in [-0.39, 0.29) is 11.9 Å². The Morgan fingerprint density at radius 3 is 0.868 bits per heavy atom. The van der Waals surface area contributed by atoms with Gasteiger partial charge < -0.3 is 9.47 Å². The van der Waals surface area contributed by atoms with E-state index in [4.69, 9.17) is 9.47 Å². The van der Waals surface area contributed by atoms with Gasteiger partial charge in [-0.1, -0.05) is 155 Å². The van der Waals surface area contributed by atoms with Gasteiger partial charge in [0.15, 0.2) is 0 Å². The van der Waals surface area contributed by atoms with Crippen LogP contribution in [-0.2, 0) is 19.1 Å². The minimum absolute atomic E-state index is 0.0360. The second-order valence-corrected chi connectivity index (χ2v) is 11.4. The molecule has 0 amide bonds. The van der Waals surface area contributed by atoms with Gasteiger partial charge in [-0.05, 0) is 25.7 Å². The molecule has 0 saturated carbocycles. The van der Waals surface area contributed by atoms with Gasteiger partial charge in [-0.3, -0.25) is 9.59 Å². The summed E-state index contributed by atoms with van der Waals surface area (Å²) in [5.74, 6) is -0.0721. The molecule has 38 heavy (non-hydrogen) atoms. The van der Waals surface area contributed by atoms with Crippen LogP contribution in [0.25, 0.3) is 0 Å². The largest absolute Gasteiger partial charge is 0.466 e. The number of ether oxygens (including phenoxy) is 2. The van der Waals surface area contributed by atoms with E-state index in [1.54, 1.807) is 0 Å². The first-order chi connectivity index (χ1) is 18.7. The summed E-state index contributed by atoms with van der Waals surface area (Å²) in [7, 11) is 0. The molecule has 0 N–H and O–H groups in total. The molecular weight excluding hydrogens is 472 g/mol. The first-order valence-electron chi connectivity index (χ1n) is 17.0. The molecule has 0 aliphatic rings. The van der Waals surface area contributed by atoms with Gasteiger partial charge in [0.2, 0.25) is 0 Å². The van der Waals surface area contributed by atoms with Gasteiger partial charge in [0.05, 0.1) is 13.2 Å². The standard InChI is InChI=1S/C34H66O4/c1-3-5-7-9-11-13-15-19-23-27-31-37-33(35)29-25-21-17-18-22-26-30-34(36)38-32-28-24-20-16-14-12-10-8-6-4-2/h3-32H2,1-2H3. The molecule has 0 aromatic carbocycles. The van der Waals surface area contributed by atoms with Crippen LogP contribution in [0.5, 0.6) is 0 Å². The van der Waals surface area contributed by atoms with Gasteiger partial charge in [0, 0.05) is 12.8 Å². The molecular formula is C34H66O4. The number of hydrogen-bond acceptors (Lipinski definition) is 4. The predicted octanol–water partition coefficient (Wildman–Crippen LogP) is 11.0. The lowest BCUT2D eigenvalue weighted by Gasteiger charge is -2.06. The van der Waals surface area contributed by atoms with Gasteiger partial charge in [-0.2, -0.15) is 0 Å². The number of esters is 2. The third-order valence-electron chi connectivity index (χ3n) is 7.53. The van der Waals surface area contributed by atoms with Crippen molar-refractivity contribution >= 4 is 11.9 Å². The smallest absolute Gasteiger partial charge is 0.305 e. The van der Waals surface area contributed by atoms with E-state index >= 15 is 0 Å². The zero-order valence-electron chi connectivity index (χ0n) is 25.8. The van der Waals surface area contributed by atoms with E-state index in [1.807, 2.05) is 0 Å². The van der Waals surface area contributed by atoms with Gasteiger partial charge in [0.1, 0.15) is 0 Å². The summed E-state index contributed by atoms with van der Waals surface area (Å²) in [5.41, 5.74) is 0. The average Bonchev–Trinajstić information content (AvgIpc) is 2.91. The topological polar surface area (TPSA) is 52.6 Å². The highest BCUT2D eigenvalue weighted by molar-refractivity contribution is 5.69. The van der Waals surface area contributed by atoms with Crippen LogP contribution in [0.3, 0.4) is 0 Å². The van der Waals surface area contributed by atoms with Gasteiger partial charge >= 0.3 is 11.9 Å². The van der Waals surface area contributed by atoms with E-state index in [0.717, 1.165) is 51.4 Å². The maximum atomic E-state index is 11.9. The van der Waals surface area contributed by atoms with Crippen LogP contribution in [0.15, 0.2) is 0 Å². The van der Waals surface area contributed by atoms with Crippen LogP contribution >= 0.6 is 0 Å². The normalized spacial score (nSPS) is 11.1. The Balaban J connectivity index is 3.25. The van der Waals surface area contributed by atoms with Crippen molar-refractivity contribution in [3.8, 4) is 0 Å². The van der Waals surface area contributed by atoms with Gasteiger partial charge in [0.25, 0.3) is 0 Å². The highest BCUT2D eigenvalue weighted by atomic mass is 16.5. The molecule has 4 heteroatoms. The average molecular weight is 539 g/mol. The van der Waals surface area contributed by atoms with Crippen molar-refractivity contribution in [2.75, 3.05) is 13.2 Å². The molecule has 0 spiro atoms. The lowest BCUT2D eigenvalue weighted by Crippen LogP contribution is -2.06. The van der Waals surface area contributed by atoms with Crippen LogP contribution in [0.1, 0.15) is 194 Å². The van der Waals surface area contributed by atoms with Crippen LogP contribution in [0.4, 0.5) is 0 Å². The Kier molecular flexibility index (Phi) is 31.3. The first-order valence-corrected chi connectivity index (χ1v) is 17.0. The van der Waals surface area contributed by atoms with Gasteiger partial charge in [-0.25, -0.2) is 0 Å². The SMILES string of the molecule is CCCCCCCCCCCCOC(=O)CCCCCCCCC(=O)OCCCCCCCCCCCC. The highest BCUT2D eigenvalue weighted by Crippen LogP contribution is 2.13. The van der Waals surface area contributed by atoms with Crippen LogP contribution in [-0.4, -0.2) is 25.2 Å². The monoisotopic (exact) mass is 538 g/mol. The summed E-state index contributed by atoms with van der Waals surface area (Å²) in [4.78, 5) is 23.7. The summed E-state index contributed by atoms with van der Waals surface area (Å²) in [5, 5.41) is 0. The number of unbranched alkanes of at least 4 members (excludes halogenated alkanes) is 23. The van der Waals surface area contributed by atoms with Crippen LogP contribution < -0.4 is 0 Å². The fraction of sp³-hybridized carbons (Fsp3) is 0.941. The van der Waals surface area contributed by atoms with Crippen molar-refractivity contribution in [1.29, 1.82) is 0 Å². The molecule has 0 rings (SSSR count). The second kappa shape index (κ2) is 32.2. The maximum absolute atomic E-state index is 11.9. The molecule has 0 bridgehead atoms. The third-order valence-corrected chi connectivity index (χ3v) is 7.53. The zero-order chi connectivity index (χ0) is 27.8. The lowest BCUT2D eigenvalue weighted by atomic mass is 10.1. The Bertz CT molecular complexity index is 447. The number of carbonyl (C=O) groups excluding carboxylic acids is 2. The van der Waals surface area contributed by atoms with Crippen molar-refractivity contribution in [3.05, 3.63) is 0 Å². The summed E-state index contributed by atoms with van der Waals surface area (Å²) < 4.78 is 10.8. The van der Waals surface area contributed by atoms with E-state index in [1.165, 1.54) is 116 Å². The summed E-state index contributed by atoms with van der Waals surface area (Å²) in [6, 6.07) is 0. The molecule has 226 valence electrons. The van der Waals surface area contributed by atoms with E-state index < -0.39 is 0 Å². The van der Waals surface area contributed by atoms with Crippen molar-refractivity contribution in [3.63, 3.8) is 0 Å². The molecule has 0 atom stereocenters. The minimum atomic E-state index is -0.0360. The number of rotatable bonds is 31. The van der Waals surface area contributed by atoms with Crippen LogP contribution in [0.2, 0.25) is 0 Å². The minimum Gasteiger partial charge on any atom is -0.466 e. The summed E-state index contributed by atoms with van der Waals surface area (Å²) in [6.07, 6.45) is 33.2. The number of carbonyl (C=O) groups is 2. The predicted molar refractivity (Wildman–Crippen MR) is 163 cm³/mol. The van der Waals surface area contributed by atoms with Crippen molar-refractivity contribution < 1.29 is 19.1 Å². The Hall–Kier alpha value is -1.06.